The van der Waals surface area contributed by atoms with E-state index in [9.17, 15) is 14.9 Å². The van der Waals surface area contributed by atoms with Crippen LogP contribution in [0.5, 0.6) is 0 Å². The van der Waals surface area contributed by atoms with Gasteiger partial charge in [0.05, 0.1) is 16.1 Å². The maximum Gasteiger partial charge on any atom is 0.332 e. The molecule has 1 N–H and O–H groups in total. The molecule has 0 aliphatic heterocycles. The van der Waals surface area contributed by atoms with E-state index >= 15 is 0 Å². The van der Waals surface area contributed by atoms with Crippen LogP contribution in [0.25, 0.3) is 0 Å². The average molecular weight is 351 g/mol. The Morgan fingerprint density at radius 1 is 1.17 bits per heavy atom. The summed E-state index contributed by atoms with van der Waals surface area (Å²) in [5.74, 6) is -0.780. The zero-order valence-electron chi connectivity index (χ0n) is 11.8. The fourth-order valence-corrected chi connectivity index (χ4v) is 2.37. The zero-order valence-corrected chi connectivity index (χ0v) is 13.3. The van der Waals surface area contributed by atoms with Crippen LogP contribution < -0.4 is 5.32 Å². The Labute approximate surface area is 142 Å². The molecule has 0 heterocycles. The molecule has 2 aromatic rings. The Morgan fingerprint density at radius 2 is 1.87 bits per heavy atom. The summed E-state index contributed by atoms with van der Waals surface area (Å²) in [6.07, 6.45) is 1.08. The standard InChI is InChI=1S/C16H12Cl2N2O3/c17-12-6-7-13(14(18)8-12)16(21)15(20(22)23)10-19-9-11-4-2-1-3-5-11/h1-8,10,19H,9H2/b15-10-. The third-order valence-electron chi connectivity index (χ3n) is 2.99. The minimum Gasteiger partial charge on any atom is -0.381 e. The molecule has 0 atom stereocenters. The van der Waals surface area contributed by atoms with Crippen LogP contribution in [0.15, 0.2) is 60.4 Å². The van der Waals surface area contributed by atoms with Crippen LogP contribution in [0.3, 0.4) is 0 Å². The topological polar surface area (TPSA) is 72.2 Å². The first-order valence-corrected chi connectivity index (χ1v) is 7.36. The number of benzene rings is 2. The first-order valence-electron chi connectivity index (χ1n) is 6.60. The van der Waals surface area contributed by atoms with Crippen molar-refractivity contribution in [1.29, 1.82) is 0 Å². The van der Waals surface area contributed by atoms with E-state index in [0.717, 1.165) is 11.8 Å². The van der Waals surface area contributed by atoms with Crippen LogP contribution in [0.4, 0.5) is 0 Å². The van der Waals surface area contributed by atoms with E-state index in [-0.39, 0.29) is 10.6 Å². The Morgan fingerprint density at radius 3 is 2.48 bits per heavy atom. The first-order chi connectivity index (χ1) is 11.0. The number of hydrogen-bond acceptors (Lipinski definition) is 4. The van der Waals surface area contributed by atoms with Crippen LogP contribution in [0.2, 0.25) is 10.0 Å². The van der Waals surface area contributed by atoms with Crippen molar-refractivity contribution in [3.63, 3.8) is 0 Å². The van der Waals surface area contributed by atoms with E-state index < -0.39 is 16.4 Å². The van der Waals surface area contributed by atoms with E-state index in [1.54, 1.807) is 0 Å². The minimum atomic E-state index is -0.780. The molecule has 23 heavy (non-hydrogen) atoms. The second-order valence-electron chi connectivity index (χ2n) is 4.61. The van der Waals surface area contributed by atoms with Crippen molar-refractivity contribution in [3.8, 4) is 0 Å². The van der Waals surface area contributed by atoms with Gasteiger partial charge < -0.3 is 5.32 Å². The van der Waals surface area contributed by atoms with Gasteiger partial charge in [0, 0.05) is 17.1 Å². The van der Waals surface area contributed by atoms with E-state index in [1.165, 1.54) is 18.2 Å². The lowest BCUT2D eigenvalue weighted by Crippen LogP contribution is -2.17. The lowest BCUT2D eigenvalue weighted by atomic mass is 10.1. The highest BCUT2D eigenvalue weighted by atomic mass is 35.5. The molecule has 0 aromatic heterocycles. The maximum atomic E-state index is 12.3. The highest BCUT2D eigenvalue weighted by molar-refractivity contribution is 6.37. The van der Waals surface area contributed by atoms with Gasteiger partial charge in [0.2, 0.25) is 0 Å². The van der Waals surface area contributed by atoms with Crippen molar-refractivity contribution in [2.75, 3.05) is 0 Å². The molecule has 0 bridgehead atoms. The lowest BCUT2D eigenvalue weighted by molar-refractivity contribution is -0.417. The number of nitro groups is 1. The van der Waals surface area contributed by atoms with Crippen LogP contribution in [-0.2, 0) is 6.54 Å². The number of allylic oxidation sites excluding steroid dienone is 1. The van der Waals surface area contributed by atoms with E-state index in [0.29, 0.717) is 11.6 Å². The number of ketones is 1. The molecule has 2 rings (SSSR count). The molecule has 2 aromatic carbocycles. The second-order valence-corrected chi connectivity index (χ2v) is 5.45. The summed E-state index contributed by atoms with van der Waals surface area (Å²) < 4.78 is 0. The fraction of sp³-hybridized carbons (Fsp3) is 0.0625. The van der Waals surface area contributed by atoms with Crippen molar-refractivity contribution in [2.24, 2.45) is 0 Å². The highest BCUT2D eigenvalue weighted by Gasteiger charge is 2.25. The first kappa shape index (κ1) is 17.0. The molecule has 0 saturated carbocycles. The molecule has 0 saturated heterocycles. The smallest absolute Gasteiger partial charge is 0.332 e. The van der Waals surface area contributed by atoms with Gasteiger partial charge in [0.15, 0.2) is 0 Å². The summed E-state index contributed by atoms with van der Waals surface area (Å²) in [7, 11) is 0. The third-order valence-corrected chi connectivity index (χ3v) is 3.54. The van der Waals surface area contributed by atoms with Crippen LogP contribution in [-0.4, -0.2) is 10.7 Å². The predicted molar refractivity (Wildman–Crippen MR) is 89.2 cm³/mol. The minimum absolute atomic E-state index is 0.0283. The van der Waals surface area contributed by atoms with Gasteiger partial charge in [0.25, 0.3) is 5.78 Å². The normalized spacial score (nSPS) is 11.1. The molecule has 0 spiro atoms. The average Bonchev–Trinajstić information content (AvgIpc) is 2.51. The van der Waals surface area contributed by atoms with Crippen molar-refractivity contribution in [2.45, 2.75) is 6.54 Å². The Bertz CT molecular complexity index is 761. The van der Waals surface area contributed by atoms with Crippen molar-refractivity contribution in [1.82, 2.24) is 5.32 Å². The number of carbonyl (C=O) groups excluding carboxylic acids is 1. The lowest BCUT2D eigenvalue weighted by Gasteiger charge is -2.04. The van der Waals surface area contributed by atoms with Gasteiger partial charge in [-0.3, -0.25) is 14.9 Å². The number of halogens is 2. The molecular weight excluding hydrogens is 339 g/mol. The van der Waals surface area contributed by atoms with E-state index in [4.69, 9.17) is 23.2 Å². The Hall–Kier alpha value is -2.37. The predicted octanol–water partition coefficient (Wildman–Crippen LogP) is 4.08. The molecule has 0 amide bonds. The summed E-state index contributed by atoms with van der Waals surface area (Å²) in [4.78, 5) is 22.7. The summed E-state index contributed by atoms with van der Waals surface area (Å²) in [6, 6.07) is 13.5. The molecule has 0 aliphatic rings. The molecule has 7 heteroatoms. The second kappa shape index (κ2) is 7.76. The number of hydrogen-bond donors (Lipinski definition) is 1. The van der Waals surface area contributed by atoms with Gasteiger partial charge in [-0.1, -0.05) is 53.5 Å². The SMILES string of the molecule is O=C(/C(=C/NCc1ccccc1)[N+](=O)[O-])c1ccc(Cl)cc1Cl. The Balaban J connectivity index is 2.18. The summed E-state index contributed by atoms with van der Waals surface area (Å²) in [6.45, 7) is 0.361. The van der Waals surface area contributed by atoms with Gasteiger partial charge in [-0.15, -0.1) is 0 Å². The molecule has 5 nitrogen and oxygen atoms in total. The van der Waals surface area contributed by atoms with Gasteiger partial charge in [-0.25, -0.2) is 0 Å². The molecule has 0 fully saturated rings. The number of rotatable bonds is 6. The van der Waals surface area contributed by atoms with E-state index in [2.05, 4.69) is 5.32 Å². The molecule has 0 aliphatic carbocycles. The monoisotopic (exact) mass is 350 g/mol. The Kier molecular flexibility index (Phi) is 5.73. The highest BCUT2D eigenvalue weighted by Crippen LogP contribution is 2.23. The molecule has 0 unspecified atom stereocenters. The fourth-order valence-electron chi connectivity index (χ4n) is 1.87. The van der Waals surface area contributed by atoms with Gasteiger partial charge >= 0.3 is 5.70 Å². The van der Waals surface area contributed by atoms with Crippen molar-refractivity contribution >= 4 is 29.0 Å². The summed E-state index contributed by atoms with van der Waals surface area (Å²) >= 11 is 11.7. The summed E-state index contributed by atoms with van der Waals surface area (Å²) in [5.41, 5.74) is 0.370. The zero-order chi connectivity index (χ0) is 16.8. The van der Waals surface area contributed by atoms with Crippen LogP contribution in [0, 0.1) is 10.1 Å². The number of nitrogens with one attached hydrogen (secondary N) is 1. The number of nitrogens with zero attached hydrogens (tertiary/aromatic N) is 1. The number of carbonyl (C=O) groups is 1. The molecule has 118 valence electrons. The van der Waals surface area contributed by atoms with Crippen molar-refractivity contribution < 1.29 is 9.72 Å². The van der Waals surface area contributed by atoms with Gasteiger partial charge in [-0.2, -0.15) is 0 Å². The van der Waals surface area contributed by atoms with Crippen molar-refractivity contribution in [3.05, 3.63) is 91.7 Å². The van der Waals surface area contributed by atoms with E-state index in [1.807, 2.05) is 30.3 Å². The van der Waals surface area contributed by atoms with Crippen LogP contribution >= 0.6 is 23.2 Å². The van der Waals surface area contributed by atoms with Gasteiger partial charge in [0.1, 0.15) is 0 Å². The van der Waals surface area contributed by atoms with Gasteiger partial charge in [-0.05, 0) is 23.8 Å². The largest absolute Gasteiger partial charge is 0.381 e. The maximum absolute atomic E-state index is 12.3. The number of Topliss-reactive ketones (excluding diaryl/α,β-unsaturated/α-hetero) is 1. The molecular formula is C16H12Cl2N2O3. The van der Waals surface area contributed by atoms with Crippen LogP contribution in [0.1, 0.15) is 15.9 Å². The third kappa shape index (κ3) is 4.55. The quantitative estimate of drug-likeness (QED) is 0.368. The molecule has 0 radical (unpaired) electrons. The summed E-state index contributed by atoms with van der Waals surface area (Å²) in [5, 5.41) is 14.3.